The average molecular weight is 284 g/mol. The van der Waals surface area contributed by atoms with Gasteiger partial charge >= 0.3 is 0 Å². The van der Waals surface area contributed by atoms with Gasteiger partial charge in [-0.2, -0.15) is 0 Å². The second-order valence-electron chi connectivity index (χ2n) is 4.98. The van der Waals surface area contributed by atoms with Crippen LogP contribution in [0, 0.1) is 0 Å². The minimum atomic E-state index is -1.43. The molecule has 1 fully saturated rings. The highest BCUT2D eigenvalue weighted by Crippen LogP contribution is 2.24. The maximum Gasteiger partial charge on any atom is 0.187 e. The Morgan fingerprint density at radius 2 is 1.75 bits per heavy atom. The van der Waals surface area contributed by atoms with Crippen LogP contribution in [0.25, 0.3) is 0 Å². The summed E-state index contributed by atoms with van der Waals surface area (Å²) in [6.07, 6.45) is -7.26. The lowest BCUT2D eigenvalue weighted by molar-refractivity contribution is -0.311. The second-order valence-corrected chi connectivity index (χ2v) is 4.98. The molecule has 1 saturated heterocycles. The normalized spacial score (nSPS) is 35.8. The van der Waals surface area contributed by atoms with Gasteiger partial charge in [0.1, 0.15) is 24.4 Å². The predicted molar refractivity (Wildman–Crippen MR) is 69.6 cm³/mol. The number of aliphatic hydroxyl groups excluding tert-OH is 4. The quantitative estimate of drug-likeness (QED) is 0.589. The van der Waals surface area contributed by atoms with Crippen LogP contribution in [-0.4, -0.2) is 57.2 Å². The molecule has 0 aliphatic carbocycles. The zero-order chi connectivity index (χ0) is 14.7. The van der Waals surface area contributed by atoms with Crippen LogP contribution in [0.2, 0.25) is 0 Å². The molecule has 1 unspecified atom stereocenters. The van der Waals surface area contributed by atoms with E-state index >= 15 is 0 Å². The molecule has 4 N–H and O–H groups in total. The minimum absolute atomic E-state index is 0.192. The standard InChI is InChI=1S/C14H20O6/c1-8(15)13-11(17)10(16)12(18)14(20-13)19-7-9-5-3-2-4-6-9/h2-6,8,10-18H,7H2,1H3/t8?,10-,11-,12+,13+,14-/m0/s1. The van der Waals surface area contributed by atoms with E-state index in [0.29, 0.717) is 0 Å². The van der Waals surface area contributed by atoms with Gasteiger partial charge in [0.2, 0.25) is 0 Å². The van der Waals surface area contributed by atoms with Gasteiger partial charge in [-0.15, -0.1) is 0 Å². The molecule has 1 aliphatic heterocycles. The van der Waals surface area contributed by atoms with Crippen molar-refractivity contribution in [3.8, 4) is 0 Å². The van der Waals surface area contributed by atoms with E-state index in [0.717, 1.165) is 5.56 Å². The first-order chi connectivity index (χ1) is 9.50. The van der Waals surface area contributed by atoms with Gasteiger partial charge in [-0.05, 0) is 12.5 Å². The van der Waals surface area contributed by atoms with Crippen molar-refractivity contribution in [1.29, 1.82) is 0 Å². The van der Waals surface area contributed by atoms with Crippen LogP contribution in [0.15, 0.2) is 30.3 Å². The molecule has 2 rings (SSSR count). The van der Waals surface area contributed by atoms with E-state index in [4.69, 9.17) is 9.47 Å². The molecule has 0 bridgehead atoms. The van der Waals surface area contributed by atoms with Crippen LogP contribution in [0.5, 0.6) is 0 Å². The molecule has 1 aromatic rings. The highest BCUT2D eigenvalue weighted by Gasteiger charge is 2.45. The summed E-state index contributed by atoms with van der Waals surface area (Å²) in [5.41, 5.74) is 0.887. The van der Waals surface area contributed by atoms with Gasteiger partial charge in [0.25, 0.3) is 0 Å². The molecule has 6 nitrogen and oxygen atoms in total. The molecule has 0 spiro atoms. The van der Waals surface area contributed by atoms with Crippen molar-refractivity contribution < 1.29 is 29.9 Å². The molecule has 1 heterocycles. The van der Waals surface area contributed by atoms with Crippen LogP contribution < -0.4 is 0 Å². The SMILES string of the molecule is CC(O)[C@H]1O[C@H](OCc2ccccc2)[C@H](O)[C@@H](O)[C@@H]1O. The third-order valence-corrected chi connectivity index (χ3v) is 3.34. The van der Waals surface area contributed by atoms with Crippen LogP contribution in [0.4, 0.5) is 0 Å². The van der Waals surface area contributed by atoms with Gasteiger partial charge in [-0.25, -0.2) is 0 Å². The lowest BCUT2D eigenvalue weighted by Crippen LogP contribution is -2.60. The molecular weight excluding hydrogens is 264 g/mol. The van der Waals surface area contributed by atoms with Gasteiger partial charge < -0.3 is 29.9 Å². The van der Waals surface area contributed by atoms with E-state index in [1.165, 1.54) is 6.92 Å². The van der Waals surface area contributed by atoms with E-state index in [-0.39, 0.29) is 6.61 Å². The van der Waals surface area contributed by atoms with Crippen molar-refractivity contribution in [1.82, 2.24) is 0 Å². The Morgan fingerprint density at radius 1 is 1.10 bits per heavy atom. The van der Waals surface area contributed by atoms with Gasteiger partial charge in [-0.3, -0.25) is 0 Å². The van der Waals surface area contributed by atoms with E-state index in [9.17, 15) is 20.4 Å². The molecule has 0 amide bonds. The highest BCUT2D eigenvalue weighted by atomic mass is 16.7. The Balaban J connectivity index is 1.99. The molecule has 0 saturated carbocycles. The van der Waals surface area contributed by atoms with Gasteiger partial charge in [0, 0.05) is 0 Å². The van der Waals surface area contributed by atoms with Crippen molar-refractivity contribution in [2.75, 3.05) is 0 Å². The minimum Gasteiger partial charge on any atom is -0.391 e. The maximum atomic E-state index is 9.84. The zero-order valence-corrected chi connectivity index (χ0v) is 11.2. The summed E-state index contributed by atoms with van der Waals surface area (Å²) in [4.78, 5) is 0. The number of hydrogen-bond acceptors (Lipinski definition) is 6. The topological polar surface area (TPSA) is 99.4 Å². The smallest absolute Gasteiger partial charge is 0.187 e. The number of hydrogen-bond donors (Lipinski definition) is 4. The summed E-state index contributed by atoms with van der Waals surface area (Å²) in [5.74, 6) is 0. The Bertz CT molecular complexity index is 409. The third-order valence-electron chi connectivity index (χ3n) is 3.34. The van der Waals surface area contributed by atoms with Crippen LogP contribution >= 0.6 is 0 Å². The first kappa shape index (κ1) is 15.4. The molecule has 6 atom stereocenters. The summed E-state index contributed by atoms with van der Waals surface area (Å²) in [6.45, 7) is 1.63. The fourth-order valence-corrected chi connectivity index (χ4v) is 2.16. The number of rotatable bonds is 4. The molecule has 1 aliphatic rings. The van der Waals surface area contributed by atoms with E-state index < -0.39 is 36.8 Å². The molecule has 0 aromatic heterocycles. The average Bonchev–Trinajstić information content (AvgIpc) is 2.45. The van der Waals surface area contributed by atoms with E-state index in [1.807, 2.05) is 30.3 Å². The first-order valence-electron chi connectivity index (χ1n) is 6.54. The first-order valence-corrected chi connectivity index (χ1v) is 6.54. The summed E-state index contributed by atoms with van der Waals surface area (Å²) in [5, 5.41) is 38.9. The molecule has 6 heteroatoms. The molecule has 1 aromatic carbocycles. The van der Waals surface area contributed by atoms with Gasteiger partial charge in [-0.1, -0.05) is 30.3 Å². The lowest BCUT2D eigenvalue weighted by atomic mass is 9.96. The summed E-state index contributed by atoms with van der Waals surface area (Å²) in [7, 11) is 0. The van der Waals surface area contributed by atoms with Crippen molar-refractivity contribution >= 4 is 0 Å². The van der Waals surface area contributed by atoms with Crippen LogP contribution in [0.3, 0.4) is 0 Å². The van der Waals surface area contributed by atoms with E-state index in [1.54, 1.807) is 0 Å². The largest absolute Gasteiger partial charge is 0.391 e. The molecule has 20 heavy (non-hydrogen) atoms. The molecular formula is C14H20O6. The lowest BCUT2D eigenvalue weighted by Gasteiger charge is -2.41. The maximum absolute atomic E-state index is 9.84. The Hall–Kier alpha value is -1.02. The monoisotopic (exact) mass is 284 g/mol. The van der Waals surface area contributed by atoms with Crippen molar-refractivity contribution in [2.24, 2.45) is 0 Å². The fraction of sp³-hybridized carbons (Fsp3) is 0.571. The van der Waals surface area contributed by atoms with E-state index in [2.05, 4.69) is 0 Å². The van der Waals surface area contributed by atoms with Crippen LogP contribution in [0.1, 0.15) is 12.5 Å². The second kappa shape index (κ2) is 6.62. The fourth-order valence-electron chi connectivity index (χ4n) is 2.16. The molecule has 0 radical (unpaired) electrons. The molecule has 112 valence electrons. The highest BCUT2D eigenvalue weighted by molar-refractivity contribution is 5.13. The van der Waals surface area contributed by atoms with Crippen molar-refractivity contribution in [2.45, 2.75) is 50.3 Å². The predicted octanol–water partition coefficient (Wildman–Crippen LogP) is -0.608. The van der Waals surface area contributed by atoms with Crippen molar-refractivity contribution in [3.63, 3.8) is 0 Å². The Labute approximate surface area is 117 Å². The Kier molecular flexibility index (Phi) is 5.09. The summed E-state index contributed by atoms with van der Waals surface area (Å²) in [6, 6.07) is 9.29. The third kappa shape index (κ3) is 3.35. The summed E-state index contributed by atoms with van der Waals surface area (Å²) >= 11 is 0. The number of benzene rings is 1. The van der Waals surface area contributed by atoms with Crippen LogP contribution in [-0.2, 0) is 16.1 Å². The van der Waals surface area contributed by atoms with Gasteiger partial charge in [0.05, 0.1) is 12.7 Å². The Morgan fingerprint density at radius 3 is 2.35 bits per heavy atom. The van der Waals surface area contributed by atoms with Crippen molar-refractivity contribution in [3.05, 3.63) is 35.9 Å². The summed E-state index contributed by atoms with van der Waals surface area (Å²) < 4.78 is 10.8. The zero-order valence-electron chi connectivity index (χ0n) is 11.2. The van der Waals surface area contributed by atoms with Gasteiger partial charge in [0.15, 0.2) is 6.29 Å². The number of ether oxygens (including phenoxy) is 2. The number of aliphatic hydroxyl groups is 4.